The molecule has 5 heteroatoms. The van der Waals surface area contributed by atoms with Gasteiger partial charge in [0, 0.05) is 18.6 Å². The Morgan fingerprint density at radius 2 is 2.31 bits per heavy atom. The smallest absolute Gasteiger partial charge is 0.244 e. The van der Waals surface area contributed by atoms with Crippen LogP contribution in [0, 0.1) is 5.82 Å². The molecule has 0 spiro atoms. The first-order valence-corrected chi connectivity index (χ1v) is 5.42. The van der Waals surface area contributed by atoms with Crippen molar-refractivity contribution in [3.8, 4) is 0 Å². The number of carbonyl (C=O) groups is 1. The van der Waals surface area contributed by atoms with Crippen LogP contribution in [0.1, 0.15) is 6.42 Å². The van der Waals surface area contributed by atoms with E-state index in [1.165, 1.54) is 6.07 Å². The molecule has 1 saturated heterocycles. The van der Waals surface area contributed by atoms with Crippen LogP contribution in [0.25, 0.3) is 0 Å². The summed E-state index contributed by atoms with van der Waals surface area (Å²) < 4.78 is 13.5. The van der Waals surface area contributed by atoms with Crippen LogP contribution < -0.4 is 5.32 Å². The Bertz CT molecular complexity index is 424. The van der Waals surface area contributed by atoms with Gasteiger partial charge in [-0.15, -0.1) is 0 Å². The second kappa shape index (κ2) is 4.29. The van der Waals surface area contributed by atoms with E-state index >= 15 is 0 Å². The maximum Gasteiger partial charge on any atom is 0.244 e. The highest BCUT2D eigenvalue weighted by Crippen LogP contribution is 2.22. The average Bonchev–Trinajstić information content (AvgIpc) is 2.54. The highest BCUT2D eigenvalue weighted by atomic mass is 35.5. The van der Waals surface area contributed by atoms with Crippen LogP contribution in [0.5, 0.6) is 0 Å². The molecule has 1 atom stereocenters. The molecule has 1 unspecified atom stereocenters. The van der Waals surface area contributed by atoms with Gasteiger partial charge in [0.25, 0.3) is 0 Å². The molecule has 1 heterocycles. The van der Waals surface area contributed by atoms with Gasteiger partial charge in [-0.1, -0.05) is 11.6 Å². The van der Waals surface area contributed by atoms with Crippen molar-refractivity contribution < 1.29 is 9.18 Å². The van der Waals surface area contributed by atoms with Gasteiger partial charge in [-0.25, -0.2) is 4.39 Å². The summed E-state index contributed by atoms with van der Waals surface area (Å²) >= 11 is 5.64. The number of carbonyl (C=O) groups excluding carboxylic acids is 1. The van der Waals surface area contributed by atoms with Crippen molar-refractivity contribution in [3.05, 3.63) is 29.0 Å². The second-order valence-corrected chi connectivity index (χ2v) is 4.31. The first-order valence-electron chi connectivity index (χ1n) is 5.04. The molecular weight excluding hydrogens is 231 g/mol. The number of nitrogens with one attached hydrogen (secondary N) is 1. The molecule has 3 nitrogen and oxygen atoms in total. The lowest BCUT2D eigenvalue weighted by Gasteiger charge is -2.14. The third-order valence-corrected chi connectivity index (χ3v) is 2.92. The van der Waals surface area contributed by atoms with Crippen LogP contribution in [0.15, 0.2) is 18.2 Å². The number of likely N-dealkylation sites (tertiary alicyclic amines) is 1. The molecule has 1 aromatic carbocycles. The van der Waals surface area contributed by atoms with Gasteiger partial charge in [0.05, 0.1) is 5.69 Å². The van der Waals surface area contributed by atoms with Crippen molar-refractivity contribution in [2.45, 2.75) is 12.5 Å². The monoisotopic (exact) mass is 242 g/mol. The minimum Gasteiger partial charge on any atom is -0.371 e. The molecule has 1 aromatic rings. The molecule has 0 aromatic heterocycles. The minimum atomic E-state index is -0.435. The number of anilines is 1. The third-order valence-electron chi connectivity index (χ3n) is 2.69. The summed E-state index contributed by atoms with van der Waals surface area (Å²) in [5, 5.41) is 3.24. The zero-order valence-corrected chi connectivity index (χ0v) is 9.59. The summed E-state index contributed by atoms with van der Waals surface area (Å²) in [5.41, 5.74) is 0.318. The van der Waals surface area contributed by atoms with E-state index in [-0.39, 0.29) is 11.9 Å². The lowest BCUT2D eigenvalue weighted by atomic mass is 10.2. The Hall–Kier alpha value is -1.29. The topological polar surface area (TPSA) is 32.3 Å². The van der Waals surface area contributed by atoms with E-state index in [0.29, 0.717) is 23.7 Å². The Balaban J connectivity index is 2.12. The Morgan fingerprint density at radius 1 is 1.56 bits per heavy atom. The summed E-state index contributed by atoms with van der Waals surface area (Å²) in [6.45, 7) is 0.700. The number of hydrogen-bond acceptors (Lipinski definition) is 2. The van der Waals surface area contributed by atoms with Crippen LogP contribution in [0.2, 0.25) is 5.02 Å². The molecule has 86 valence electrons. The van der Waals surface area contributed by atoms with E-state index in [0.717, 1.165) is 0 Å². The van der Waals surface area contributed by atoms with E-state index < -0.39 is 5.82 Å². The van der Waals surface area contributed by atoms with Crippen LogP contribution in [0.3, 0.4) is 0 Å². The van der Waals surface area contributed by atoms with Crippen LogP contribution in [-0.2, 0) is 4.79 Å². The molecule has 1 aliphatic heterocycles. The maximum atomic E-state index is 13.5. The normalized spacial score (nSPS) is 20.3. The first kappa shape index (κ1) is 11.2. The number of likely N-dealkylation sites (N-methyl/N-ethyl adjacent to an activating group) is 1. The lowest BCUT2D eigenvalue weighted by molar-refractivity contribution is -0.127. The molecule has 0 bridgehead atoms. The van der Waals surface area contributed by atoms with Crippen molar-refractivity contribution >= 4 is 23.2 Å². The molecular formula is C11H12ClFN2O. The lowest BCUT2D eigenvalue weighted by Crippen LogP contribution is -2.31. The largest absolute Gasteiger partial charge is 0.371 e. The predicted octanol–water partition coefficient (Wildman–Crippen LogP) is 2.12. The maximum absolute atomic E-state index is 13.5. The molecule has 1 N–H and O–H groups in total. The Morgan fingerprint density at radius 3 is 2.88 bits per heavy atom. The standard InChI is InChI=1S/C11H12ClFN2O/c1-15-5-4-10(11(15)16)14-9-3-2-7(12)6-8(9)13/h2-3,6,10,14H,4-5H2,1H3. The van der Waals surface area contributed by atoms with Gasteiger partial charge in [-0.3, -0.25) is 4.79 Å². The fraction of sp³-hybridized carbons (Fsp3) is 0.364. The van der Waals surface area contributed by atoms with Crippen molar-refractivity contribution in [2.24, 2.45) is 0 Å². The zero-order chi connectivity index (χ0) is 11.7. The number of rotatable bonds is 2. The van der Waals surface area contributed by atoms with Gasteiger partial charge in [0.1, 0.15) is 11.9 Å². The summed E-state index contributed by atoms with van der Waals surface area (Å²) in [4.78, 5) is 13.2. The molecule has 1 amide bonds. The van der Waals surface area contributed by atoms with Crippen LogP contribution in [-0.4, -0.2) is 30.4 Å². The molecule has 1 aliphatic rings. The van der Waals surface area contributed by atoms with Gasteiger partial charge >= 0.3 is 0 Å². The highest BCUT2D eigenvalue weighted by Gasteiger charge is 2.29. The summed E-state index contributed by atoms with van der Waals surface area (Å²) in [7, 11) is 1.74. The van der Waals surface area contributed by atoms with E-state index in [9.17, 15) is 9.18 Å². The van der Waals surface area contributed by atoms with E-state index in [4.69, 9.17) is 11.6 Å². The van der Waals surface area contributed by atoms with Crippen molar-refractivity contribution in [1.29, 1.82) is 0 Å². The molecule has 0 radical (unpaired) electrons. The van der Waals surface area contributed by atoms with Crippen molar-refractivity contribution in [3.63, 3.8) is 0 Å². The molecule has 0 aliphatic carbocycles. The summed E-state index contributed by atoms with van der Waals surface area (Å²) in [6.07, 6.45) is 0.692. The minimum absolute atomic E-state index is 0.00523. The Kier molecular flexibility index (Phi) is 3.01. The van der Waals surface area contributed by atoms with E-state index in [1.807, 2.05) is 0 Å². The van der Waals surface area contributed by atoms with Crippen molar-refractivity contribution in [1.82, 2.24) is 4.90 Å². The van der Waals surface area contributed by atoms with Crippen LogP contribution in [0.4, 0.5) is 10.1 Å². The number of amides is 1. The Labute approximate surface area is 98.2 Å². The first-order chi connectivity index (χ1) is 7.58. The average molecular weight is 243 g/mol. The SMILES string of the molecule is CN1CCC(Nc2ccc(Cl)cc2F)C1=O. The molecule has 0 saturated carbocycles. The number of halogens is 2. The zero-order valence-electron chi connectivity index (χ0n) is 8.84. The van der Waals surface area contributed by atoms with Gasteiger partial charge < -0.3 is 10.2 Å². The quantitative estimate of drug-likeness (QED) is 0.862. The molecule has 1 fully saturated rings. The van der Waals surface area contributed by atoms with Gasteiger partial charge in [-0.05, 0) is 24.6 Å². The number of benzene rings is 1. The molecule has 16 heavy (non-hydrogen) atoms. The van der Waals surface area contributed by atoms with Crippen LogP contribution >= 0.6 is 11.6 Å². The van der Waals surface area contributed by atoms with Gasteiger partial charge in [0.2, 0.25) is 5.91 Å². The number of hydrogen-bond donors (Lipinski definition) is 1. The van der Waals surface area contributed by atoms with E-state index in [1.54, 1.807) is 24.1 Å². The molecule has 2 rings (SSSR count). The third kappa shape index (κ3) is 2.11. The highest BCUT2D eigenvalue weighted by molar-refractivity contribution is 6.30. The number of nitrogens with zero attached hydrogens (tertiary/aromatic N) is 1. The summed E-state index contributed by atoms with van der Waals surface area (Å²) in [5.74, 6) is -0.441. The fourth-order valence-electron chi connectivity index (χ4n) is 1.75. The van der Waals surface area contributed by atoms with E-state index in [2.05, 4.69) is 5.32 Å². The second-order valence-electron chi connectivity index (χ2n) is 3.87. The predicted molar refractivity (Wildman–Crippen MR) is 61.1 cm³/mol. The van der Waals surface area contributed by atoms with Gasteiger partial charge in [-0.2, -0.15) is 0 Å². The fourth-order valence-corrected chi connectivity index (χ4v) is 1.91. The van der Waals surface area contributed by atoms with Crippen molar-refractivity contribution in [2.75, 3.05) is 18.9 Å². The van der Waals surface area contributed by atoms with Gasteiger partial charge in [0.15, 0.2) is 0 Å². The summed E-state index contributed by atoms with van der Waals surface area (Å²) in [6, 6.07) is 4.03.